The highest BCUT2D eigenvalue weighted by molar-refractivity contribution is 8.00. The van der Waals surface area contributed by atoms with Crippen LogP contribution >= 0.6 is 23.1 Å². The van der Waals surface area contributed by atoms with Crippen molar-refractivity contribution in [2.45, 2.75) is 35.6 Å². The van der Waals surface area contributed by atoms with E-state index in [0.717, 1.165) is 16.9 Å². The number of carbonyl (C=O) groups is 3. The number of nitrogens with zero attached hydrogens (tertiary/aromatic N) is 3. The zero-order valence-corrected chi connectivity index (χ0v) is 24.6. The topological polar surface area (TPSA) is 119 Å². The summed E-state index contributed by atoms with van der Waals surface area (Å²) < 4.78 is 25.2. The maximum absolute atomic E-state index is 14.1. The smallest absolute Gasteiger partial charge is 0.337 e. The van der Waals surface area contributed by atoms with Gasteiger partial charge in [-0.25, -0.2) is 9.18 Å². The van der Waals surface area contributed by atoms with E-state index in [2.05, 4.69) is 10.2 Å². The van der Waals surface area contributed by atoms with Crippen molar-refractivity contribution in [1.29, 1.82) is 0 Å². The highest BCUT2D eigenvalue weighted by Gasteiger charge is 2.48. The van der Waals surface area contributed by atoms with Crippen LogP contribution in [-0.4, -0.2) is 46.2 Å². The zero-order chi connectivity index (χ0) is 30.2. The van der Waals surface area contributed by atoms with Crippen LogP contribution in [0, 0.1) is 5.82 Å². The number of fused-ring (bicyclic) bond motifs is 1. The number of amides is 1. The highest BCUT2D eigenvalue weighted by atomic mass is 32.2. The fourth-order valence-electron chi connectivity index (χ4n) is 5.10. The number of esters is 1. The lowest BCUT2D eigenvalue weighted by Crippen LogP contribution is -2.29. The Bertz CT molecular complexity index is 1790. The van der Waals surface area contributed by atoms with Crippen molar-refractivity contribution in [3.05, 3.63) is 106 Å². The van der Waals surface area contributed by atoms with E-state index in [-0.39, 0.29) is 33.9 Å². The molecular formula is C31H24FN3O6S2. The SMILES string of the molecule is COC(=O)c1ccc([C@@H]2C(=C(O)c3ccc4c(c3)C[C@@H](C)O4)C(=O)C(=O)N2c2nnc(SCc3ccccc3F)s2)cc1. The first kappa shape index (κ1) is 28.6. The predicted molar refractivity (Wildman–Crippen MR) is 159 cm³/mol. The molecular weight excluding hydrogens is 593 g/mol. The maximum atomic E-state index is 14.1. The number of aliphatic hydroxyl groups excluding tert-OH is 1. The molecule has 12 heteroatoms. The van der Waals surface area contributed by atoms with Gasteiger partial charge in [-0.15, -0.1) is 10.2 Å². The lowest BCUT2D eigenvalue weighted by molar-refractivity contribution is -0.132. The Labute approximate surface area is 254 Å². The molecule has 4 aromatic rings. The number of aromatic nitrogens is 2. The normalized spacial score (nSPS) is 18.9. The summed E-state index contributed by atoms with van der Waals surface area (Å²) in [5.74, 6) is -2.01. The standard InChI is InChI=1S/C31H24FN3O6S2/c1-16-13-21-14-19(11-12-23(21)41-16)26(36)24-25(17-7-9-18(10-8-17)29(39)40-2)35(28(38)27(24)37)30-33-34-31(43-30)42-15-20-5-3-4-6-22(20)32/h3-12,14,16,25,36H,13,15H2,1-2H3/t16-,25-/m1/s1. The number of halogens is 1. The molecule has 0 radical (unpaired) electrons. The molecule has 0 bridgehead atoms. The number of rotatable bonds is 7. The third kappa shape index (κ3) is 5.39. The number of ketones is 1. The van der Waals surface area contributed by atoms with Gasteiger partial charge < -0.3 is 14.6 Å². The highest BCUT2D eigenvalue weighted by Crippen LogP contribution is 2.44. The van der Waals surface area contributed by atoms with Crippen molar-refractivity contribution in [3.8, 4) is 5.75 Å². The second kappa shape index (κ2) is 11.6. The first-order valence-corrected chi connectivity index (χ1v) is 15.0. The van der Waals surface area contributed by atoms with Crippen LogP contribution < -0.4 is 9.64 Å². The quantitative estimate of drug-likeness (QED) is 0.0695. The summed E-state index contributed by atoms with van der Waals surface area (Å²) in [6.45, 7) is 1.94. The average molecular weight is 618 g/mol. The molecule has 1 N–H and O–H groups in total. The Morgan fingerprint density at radius 2 is 1.86 bits per heavy atom. The Balaban J connectivity index is 1.40. The number of hydrogen-bond donors (Lipinski definition) is 1. The van der Waals surface area contributed by atoms with E-state index in [4.69, 9.17) is 9.47 Å². The molecule has 6 rings (SSSR count). The molecule has 0 unspecified atom stereocenters. The van der Waals surface area contributed by atoms with Gasteiger partial charge in [0, 0.05) is 17.7 Å². The van der Waals surface area contributed by atoms with E-state index in [9.17, 15) is 23.9 Å². The van der Waals surface area contributed by atoms with Crippen LogP contribution in [0.3, 0.4) is 0 Å². The molecule has 0 saturated carbocycles. The van der Waals surface area contributed by atoms with Crippen LogP contribution in [0.5, 0.6) is 5.75 Å². The van der Waals surface area contributed by atoms with Crippen molar-refractivity contribution in [3.63, 3.8) is 0 Å². The lowest BCUT2D eigenvalue weighted by Gasteiger charge is -2.22. The minimum absolute atomic E-state index is 0.0193. The second-order valence-corrected chi connectivity index (χ2v) is 12.1. The Morgan fingerprint density at radius 3 is 2.60 bits per heavy atom. The summed E-state index contributed by atoms with van der Waals surface area (Å²) in [5, 5.41) is 20.0. The van der Waals surface area contributed by atoms with Crippen molar-refractivity contribution < 1.29 is 33.4 Å². The van der Waals surface area contributed by atoms with Crippen molar-refractivity contribution in [2.75, 3.05) is 12.0 Å². The van der Waals surface area contributed by atoms with E-state index in [1.165, 1.54) is 42.0 Å². The molecule has 3 aromatic carbocycles. The summed E-state index contributed by atoms with van der Waals surface area (Å²) in [6, 6.07) is 16.7. The van der Waals surface area contributed by atoms with Gasteiger partial charge in [-0.1, -0.05) is 53.4 Å². The van der Waals surface area contributed by atoms with Crippen molar-refractivity contribution in [1.82, 2.24) is 10.2 Å². The van der Waals surface area contributed by atoms with Gasteiger partial charge in [0.25, 0.3) is 5.78 Å². The van der Waals surface area contributed by atoms with E-state index < -0.39 is 23.7 Å². The average Bonchev–Trinajstić information content (AvgIpc) is 3.70. The molecule has 1 aromatic heterocycles. The van der Waals surface area contributed by atoms with Crippen molar-refractivity contribution in [2.24, 2.45) is 0 Å². The minimum Gasteiger partial charge on any atom is -0.507 e. The van der Waals surface area contributed by atoms with E-state index >= 15 is 0 Å². The molecule has 0 spiro atoms. The number of anilines is 1. The van der Waals surface area contributed by atoms with Gasteiger partial charge in [0.2, 0.25) is 5.13 Å². The predicted octanol–water partition coefficient (Wildman–Crippen LogP) is 5.71. The van der Waals surface area contributed by atoms with Crippen LogP contribution in [-0.2, 0) is 26.5 Å². The van der Waals surface area contributed by atoms with E-state index in [1.54, 1.807) is 48.5 Å². The van der Waals surface area contributed by atoms with E-state index in [1.807, 2.05) is 6.92 Å². The molecule has 1 saturated heterocycles. The third-order valence-corrected chi connectivity index (χ3v) is 9.28. The number of Topliss-reactive ketones (excluding diaryl/α,β-unsaturated/α-hetero) is 1. The molecule has 2 atom stereocenters. The Morgan fingerprint density at radius 1 is 1.12 bits per heavy atom. The molecule has 2 aliphatic heterocycles. The molecule has 43 heavy (non-hydrogen) atoms. The van der Waals surface area contributed by atoms with Gasteiger partial charge in [-0.05, 0) is 60.0 Å². The van der Waals surface area contributed by atoms with Gasteiger partial charge in [0.15, 0.2) is 4.34 Å². The molecule has 2 aliphatic rings. The van der Waals surface area contributed by atoms with Gasteiger partial charge in [-0.2, -0.15) is 0 Å². The number of methoxy groups -OCH3 is 1. The van der Waals surface area contributed by atoms with Gasteiger partial charge >= 0.3 is 11.9 Å². The largest absolute Gasteiger partial charge is 0.507 e. The van der Waals surface area contributed by atoms with E-state index in [0.29, 0.717) is 39.0 Å². The summed E-state index contributed by atoms with van der Waals surface area (Å²) in [7, 11) is 1.27. The minimum atomic E-state index is -1.06. The van der Waals surface area contributed by atoms with Crippen LogP contribution in [0.4, 0.5) is 9.52 Å². The lowest BCUT2D eigenvalue weighted by atomic mass is 9.94. The number of ether oxygens (including phenoxy) is 2. The first-order chi connectivity index (χ1) is 20.7. The number of carbonyl (C=O) groups excluding carboxylic acids is 3. The van der Waals surface area contributed by atoms with Gasteiger partial charge in [-0.3, -0.25) is 14.5 Å². The third-order valence-electron chi connectivity index (χ3n) is 7.17. The number of benzene rings is 3. The van der Waals surface area contributed by atoms with Crippen LogP contribution in [0.1, 0.15) is 45.6 Å². The molecule has 1 amide bonds. The molecule has 9 nitrogen and oxygen atoms in total. The van der Waals surface area contributed by atoms with Crippen molar-refractivity contribution >= 4 is 51.6 Å². The fraction of sp³-hybridized carbons (Fsp3) is 0.194. The summed E-state index contributed by atoms with van der Waals surface area (Å²) in [4.78, 5) is 40.3. The zero-order valence-electron chi connectivity index (χ0n) is 22.9. The first-order valence-electron chi connectivity index (χ1n) is 13.2. The summed E-state index contributed by atoms with van der Waals surface area (Å²) >= 11 is 2.32. The number of hydrogen-bond acceptors (Lipinski definition) is 10. The second-order valence-electron chi connectivity index (χ2n) is 9.97. The van der Waals surface area contributed by atoms with Gasteiger partial charge in [0.05, 0.1) is 24.3 Å². The maximum Gasteiger partial charge on any atom is 0.337 e. The Kier molecular flexibility index (Phi) is 7.72. The monoisotopic (exact) mass is 617 g/mol. The Hall–Kier alpha value is -4.55. The molecule has 0 aliphatic carbocycles. The molecule has 1 fully saturated rings. The van der Waals surface area contributed by atoms with Gasteiger partial charge in [0.1, 0.15) is 23.4 Å². The number of aliphatic hydroxyl groups is 1. The fourth-order valence-corrected chi connectivity index (χ4v) is 6.96. The van der Waals surface area contributed by atoms with Crippen LogP contribution in [0.15, 0.2) is 76.6 Å². The molecule has 3 heterocycles. The number of thioether (sulfide) groups is 1. The van der Waals surface area contributed by atoms with Crippen LogP contribution in [0.25, 0.3) is 5.76 Å². The molecule has 218 valence electrons. The summed E-state index contributed by atoms with van der Waals surface area (Å²) in [5.41, 5.74) is 2.35. The van der Waals surface area contributed by atoms with Crippen LogP contribution in [0.2, 0.25) is 0 Å². The summed E-state index contributed by atoms with van der Waals surface area (Å²) in [6.07, 6.45) is 0.621.